The van der Waals surface area contributed by atoms with Crippen molar-refractivity contribution in [2.75, 3.05) is 12.4 Å². The Morgan fingerprint density at radius 3 is 2.63 bits per heavy atom. The lowest BCUT2D eigenvalue weighted by Gasteiger charge is -2.30. The Bertz CT molecular complexity index is 471. The topological polar surface area (TPSA) is 80.7 Å². The van der Waals surface area contributed by atoms with Gasteiger partial charge in [-0.25, -0.2) is 0 Å². The second-order valence-corrected chi connectivity index (χ2v) is 7.79. The first kappa shape index (κ1) is 13.4. The highest BCUT2D eigenvalue weighted by Crippen LogP contribution is 2.61. The van der Waals surface area contributed by atoms with Gasteiger partial charge in [-0.3, -0.25) is 9.35 Å². The lowest BCUT2D eigenvalue weighted by Crippen LogP contribution is -2.31. The Labute approximate surface area is 113 Å². The quantitative estimate of drug-likeness (QED) is 0.626. The van der Waals surface area contributed by atoms with Gasteiger partial charge in [0.1, 0.15) is 12.4 Å². The van der Waals surface area contributed by atoms with Crippen molar-refractivity contribution < 1.29 is 22.5 Å². The fraction of sp³-hybridized carbons (Fsp3) is 0.923. The predicted molar refractivity (Wildman–Crippen MR) is 67.9 cm³/mol. The van der Waals surface area contributed by atoms with E-state index in [1.807, 2.05) is 0 Å². The van der Waals surface area contributed by atoms with Gasteiger partial charge >= 0.3 is 5.97 Å². The van der Waals surface area contributed by atoms with E-state index >= 15 is 0 Å². The summed E-state index contributed by atoms with van der Waals surface area (Å²) in [6, 6.07) is 0. The molecule has 2 bridgehead atoms. The number of hydrogen-bond donors (Lipinski definition) is 1. The van der Waals surface area contributed by atoms with Crippen LogP contribution < -0.4 is 0 Å². The number of carbonyl (C=O) groups is 1. The van der Waals surface area contributed by atoms with Crippen LogP contribution in [0.15, 0.2) is 0 Å². The monoisotopic (exact) mass is 288 g/mol. The van der Waals surface area contributed by atoms with Gasteiger partial charge in [0.05, 0.1) is 5.92 Å². The highest BCUT2D eigenvalue weighted by Gasteiger charge is 2.56. The van der Waals surface area contributed by atoms with Crippen molar-refractivity contribution in [3.05, 3.63) is 0 Å². The van der Waals surface area contributed by atoms with Gasteiger partial charge in [-0.1, -0.05) is 6.42 Å². The van der Waals surface area contributed by atoms with Gasteiger partial charge in [-0.15, -0.1) is 0 Å². The molecule has 5 nitrogen and oxygen atoms in total. The van der Waals surface area contributed by atoms with Crippen molar-refractivity contribution in [1.82, 2.24) is 0 Å². The maximum absolute atomic E-state index is 12.0. The molecule has 0 heterocycles. The molecular weight excluding hydrogens is 268 g/mol. The lowest BCUT2D eigenvalue weighted by molar-refractivity contribution is -0.150. The molecule has 3 saturated carbocycles. The average Bonchev–Trinajstić information content (AvgIpc) is 2.99. The SMILES string of the molecule is O=C(OCCS(=O)(=O)O)C1CC2CC1C1CCCC21. The highest BCUT2D eigenvalue weighted by molar-refractivity contribution is 7.85. The van der Waals surface area contributed by atoms with Gasteiger partial charge in [0.2, 0.25) is 0 Å². The maximum atomic E-state index is 12.0. The third kappa shape index (κ3) is 2.52. The number of esters is 1. The highest BCUT2D eigenvalue weighted by atomic mass is 32.2. The van der Waals surface area contributed by atoms with Crippen LogP contribution in [0.4, 0.5) is 0 Å². The van der Waals surface area contributed by atoms with Crippen molar-refractivity contribution in [2.24, 2.45) is 29.6 Å². The second-order valence-electron chi connectivity index (χ2n) is 6.21. The van der Waals surface area contributed by atoms with Gasteiger partial charge in [-0.2, -0.15) is 8.42 Å². The molecule has 0 radical (unpaired) electrons. The molecule has 6 heteroatoms. The first-order chi connectivity index (χ1) is 8.96. The molecule has 3 aliphatic carbocycles. The Hall–Kier alpha value is -0.620. The van der Waals surface area contributed by atoms with E-state index in [0.29, 0.717) is 17.8 Å². The summed E-state index contributed by atoms with van der Waals surface area (Å²) in [5.74, 6) is 1.84. The van der Waals surface area contributed by atoms with Gasteiger partial charge < -0.3 is 4.74 Å². The van der Waals surface area contributed by atoms with Crippen LogP contribution in [0.2, 0.25) is 0 Å². The standard InChI is InChI=1S/C13H20O5S/c14-13(18-4-5-19(15,16)17)12-7-8-6-11(12)10-3-1-2-9(8)10/h8-12H,1-7H2,(H,15,16,17). The Morgan fingerprint density at radius 1 is 1.16 bits per heavy atom. The van der Waals surface area contributed by atoms with Gasteiger partial charge in [-0.05, 0) is 49.4 Å². The predicted octanol–water partition coefficient (Wildman–Crippen LogP) is 1.49. The summed E-state index contributed by atoms with van der Waals surface area (Å²) in [5.41, 5.74) is 0. The number of rotatable bonds is 4. The number of ether oxygens (including phenoxy) is 1. The average molecular weight is 288 g/mol. The summed E-state index contributed by atoms with van der Waals surface area (Å²) in [7, 11) is -4.05. The normalized spacial score (nSPS) is 40.4. The molecule has 0 amide bonds. The number of hydrogen-bond acceptors (Lipinski definition) is 4. The zero-order valence-corrected chi connectivity index (χ0v) is 11.6. The molecular formula is C13H20O5S. The Balaban J connectivity index is 1.55. The van der Waals surface area contributed by atoms with Crippen molar-refractivity contribution in [3.8, 4) is 0 Å². The van der Waals surface area contributed by atoms with Crippen molar-refractivity contribution in [2.45, 2.75) is 32.1 Å². The minimum absolute atomic E-state index is 0.0363. The first-order valence-electron chi connectivity index (χ1n) is 7.07. The Morgan fingerprint density at radius 2 is 1.89 bits per heavy atom. The molecule has 5 atom stereocenters. The van der Waals surface area contributed by atoms with Crippen LogP contribution in [0.3, 0.4) is 0 Å². The second kappa shape index (κ2) is 4.74. The molecule has 19 heavy (non-hydrogen) atoms. The molecule has 108 valence electrons. The van der Waals surface area contributed by atoms with E-state index in [2.05, 4.69) is 0 Å². The minimum Gasteiger partial charge on any atom is -0.464 e. The lowest BCUT2D eigenvalue weighted by atomic mass is 9.76. The molecule has 0 saturated heterocycles. The third-order valence-corrected chi connectivity index (χ3v) is 6.00. The van der Waals surface area contributed by atoms with Crippen LogP contribution in [0.1, 0.15) is 32.1 Å². The molecule has 5 unspecified atom stereocenters. The summed E-state index contributed by atoms with van der Waals surface area (Å²) >= 11 is 0. The molecule has 0 spiro atoms. The van der Waals surface area contributed by atoms with E-state index in [-0.39, 0.29) is 18.5 Å². The molecule has 0 aliphatic heterocycles. The number of carbonyl (C=O) groups excluding carboxylic acids is 1. The van der Waals surface area contributed by atoms with E-state index in [1.165, 1.54) is 19.3 Å². The summed E-state index contributed by atoms with van der Waals surface area (Å²) in [4.78, 5) is 12.0. The van der Waals surface area contributed by atoms with Gasteiger partial charge in [0.15, 0.2) is 0 Å². The Kier molecular flexibility index (Phi) is 3.33. The molecule has 1 N–H and O–H groups in total. The van der Waals surface area contributed by atoms with Crippen molar-refractivity contribution in [3.63, 3.8) is 0 Å². The van der Waals surface area contributed by atoms with E-state index < -0.39 is 15.9 Å². The van der Waals surface area contributed by atoms with E-state index in [1.54, 1.807) is 0 Å². The van der Waals surface area contributed by atoms with Crippen LogP contribution in [0.5, 0.6) is 0 Å². The largest absolute Gasteiger partial charge is 0.464 e. The third-order valence-electron chi connectivity index (χ3n) is 5.32. The minimum atomic E-state index is -4.05. The van der Waals surface area contributed by atoms with Gasteiger partial charge in [0.25, 0.3) is 10.1 Å². The van der Waals surface area contributed by atoms with Crippen molar-refractivity contribution >= 4 is 16.1 Å². The van der Waals surface area contributed by atoms with Crippen LogP contribution in [-0.4, -0.2) is 31.3 Å². The molecule has 0 aromatic heterocycles. The molecule has 3 fully saturated rings. The smallest absolute Gasteiger partial charge is 0.309 e. The van der Waals surface area contributed by atoms with Crippen LogP contribution in [-0.2, 0) is 19.6 Å². The molecule has 0 aromatic rings. The summed E-state index contributed by atoms with van der Waals surface area (Å²) in [5, 5.41) is 0. The van der Waals surface area contributed by atoms with E-state index in [0.717, 1.165) is 18.8 Å². The fourth-order valence-electron chi connectivity index (χ4n) is 4.69. The maximum Gasteiger partial charge on any atom is 0.309 e. The summed E-state index contributed by atoms with van der Waals surface area (Å²) < 4.78 is 34.8. The fourth-order valence-corrected chi connectivity index (χ4v) is 4.99. The number of fused-ring (bicyclic) bond motifs is 5. The molecule has 3 aliphatic rings. The zero-order chi connectivity index (χ0) is 13.6. The van der Waals surface area contributed by atoms with Crippen LogP contribution in [0, 0.1) is 29.6 Å². The van der Waals surface area contributed by atoms with E-state index in [4.69, 9.17) is 9.29 Å². The zero-order valence-electron chi connectivity index (χ0n) is 10.8. The van der Waals surface area contributed by atoms with Crippen LogP contribution in [0.25, 0.3) is 0 Å². The molecule has 3 rings (SSSR count). The van der Waals surface area contributed by atoms with Crippen molar-refractivity contribution in [1.29, 1.82) is 0 Å². The summed E-state index contributed by atoms with van der Waals surface area (Å²) in [6.07, 6.45) is 5.90. The molecule has 0 aromatic carbocycles. The van der Waals surface area contributed by atoms with Gasteiger partial charge in [0, 0.05) is 0 Å². The van der Waals surface area contributed by atoms with Crippen LogP contribution >= 0.6 is 0 Å². The summed E-state index contributed by atoms with van der Waals surface area (Å²) in [6.45, 7) is -0.236. The first-order valence-corrected chi connectivity index (χ1v) is 8.68. The van der Waals surface area contributed by atoms with E-state index in [9.17, 15) is 13.2 Å².